The molecule has 0 saturated carbocycles. The third-order valence-corrected chi connectivity index (χ3v) is 5.68. The zero-order chi connectivity index (χ0) is 23.9. The third kappa shape index (κ3) is 5.99. The van der Waals surface area contributed by atoms with Crippen molar-refractivity contribution < 1.29 is 43.1 Å². The van der Waals surface area contributed by atoms with Gasteiger partial charge in [0, 0.05) is 12.7 Å². The topological polar surface area (TPSA) is 110 Å². The maximum Gasteiger partial charge on any atom is 0.306 e. The van der Waals surface area contributed by atoms with Crippen molar-refractivity contribution in [3.05, 3.63) is 71.8 Å². The van der Waals surface area contributed by atoms with Gasteiger partial charge in [0.1, 0.15) is 18.3 Å². The van der Waals surface area contributed by atoms with E-state index in [0.717, 1.165) is 11.1 Å². The Morgan fingerprint density at radius 3 is 2.35 bits per heavy atom. The van der Waals surface area contributed by atoms with Gasteiger partial charge in [-0.3, -0.25) is 9.59 Å². The van der Waals surface area contributed by atoms with E-state index in [-0.39, 0.29) is 26.1 Å². The maximum absolute atomic E-state index is 12.4. The molecule has 34 heavy (non-hydrogen) atoms. The molecule has 2 aliphatic rings. The maximum atomic E-state index is 12.4. The van der Waals surface area contributed by atoms with Gasteiger partial charge < -0.3 is 33.5 Å². The summed E-state index contributed by atoms with van der Waals surface area (Å²) in [5.41, 5.74) is 1.77. The SMILES string of the molecule is CO[C@H]1O[C@@H]2CO[C@@H](c3ccccc3)O[C@H]2[C@H](OCc2ccccc2)[C@H]1OC(=O)CCC(=O)O. The first kappa shape index (κ1) is 24.3. The normalized spacial score (nSPS) is 28.6. The van der Waals surface area contributed by atoms with Crippen LogP contribution in [-0.4, -0.2) is 61.5 Å². The summed E-state index contributed by atoms with van der Waals surface area (Å²) in [6, 6.07) is 19.1. The van der Waals surface area contributed by atoms with Crippen molar-refractivity contribution >= 4 is 11.9 Å². The Bertz CT molecular complexity index is 936. The second-order valence-electron chi connectivity index (χ2n) is 8.06. The highest BCUT2D eigenvalue weighted by atomic mass is 16.8. The second kappa shape index (κ2) is 11.5. The van der Waals surface area contributed by atoms with E-state index < -0.39 is 48.9 Å². The number of hydrogen-bond acceptors (Lipinski definition) is 8. The van der Waals surface area contributed by atoms with Gasteiger partial charge in [-0.2, -0.15) is 0 Å². The van der Waals surface area contributed by atoms with E-state index in [2.05, 4.69) is 0 Å². The first-order valence-corrected chi connectivity index (χ1v) is 11.1. The fourth-order valence-electron chi connectivity index (χ4n) is 4.02. The van der Waals surface area contributed by atoms with Crippen LogP contribution in [0.5, 0.6) is 0 Å². The van der Waals surface area contributed by atoms with Crippen LogP contribution in [0.4, 0.5) is 0 Å². The highest BCUT2D eigenvalue weighted by Crippen LogP contribution is 2.37. The van der Waals surface area contributed by atoms with Crippen molar-refractivity contribution in [1.29, 1.82) is 0 Å². The molecular weight excluding hydrogens is 444 g/mol. The summed E-state index contributed by atoms with van der Waals surface area (Å²) in [6.07, 6.45) is -5.04. The Balaban J connectivity index is 1.56. The molecule has 0 aliphatic carbocycles. The zero-order valence-electron chi connectivity index (χ0n) is 18.8. The summed E-state index contributed by atoms with van der Waals surface area (Å²) >= 11 is 0. The summed E-state index contributed by atoms with van der Waals surface area (Å²) in [5.74, 6) is -1.77. The largest absolute Gasteiger partial charge is 0.481 e. The lowest BCUT2D eigenvalue weighted by Crippen LogP contribution is -2.63. The Morgan fingerprint density at radius 2 is 1.68 bits per heavy atom. The number of fused-ring (bicyclic) bond motifs is 1. The summed E-state index contributed by atoms with van der Waals surface area (Å²) < 4.78 is 35.5. The van der Waals surface area contributed by atoms with Crippen LogP contribution in [0.25, 0.3) is 0 Å². The van der Waals surface area contributed by atoms with Crippen molar-refractivity contribution in [1.82, 2.24) is 0 Å². The summed E-state index contributed by atoms with van der Waals surface area (Å²) in [7, 11) is 1.44. The van der Waals surface area contributed by atoms with E-state index in [1.54, 1.807) is 0 Å². The molecule has 0 unspecified atom stereocenters. The molecule has 1 N–H and O–H groups in total. The number of carbonyl (C=O) groups is 2. The first-order valence-electron chi connectivity index (χ1n) is 11.1. The number of hydrogen-bond donors (Lipinski definition) is 1. The number of methoxy groups -OCH3 is 1. The minimum atomic E-state index is -1.09. The van der Waals surface area contributed by atoms with E-state index in [0.29, 0.717) is 0 Å². The van der Waals surface area contributed by atoms with E-state index in [1.165, 1.54) is 7.11 Å². The van der Waals surface area contributed by atoms with Crippen molar-refractivity contribution in [2.75, 3.05) is 13.7 Å². The van der Waals surface area contributed by atoms with Gasteiger partial charge in [-0.25, -0.2) is 0 Å². The average Bonchev–Trinajstić information content (AvgIpc) is 2.87. The molecule has 0 radical (unpaired) electrons. The lowest BCUT2D eigenvalue weighted by molar-refractivity contribution is -0.364. The fourth-order valence-corrected chi connectivity index (χ4v) is 4.02. The molecule has 2 heterocycles. The van der Waals surface area contributed by atoms with Crippen LogP contribution in [0.1, 0.15) is 30.3 Å². The van der Waals surface area contributed by atoms with Crippen LogP contribution in [0.3, 0.4) is 0 Å². The monoisotopic (exact) mass is 472 g/mol. The first-order chi connectivity index (χ1) is 16.5. The van der Waals surface area contributed by atoms with Gasteiger partial charge in [0.25, 0.3) is 0 Å². The lowest BCUT2D eigenvalue weighted by atomic mass is 9.97. The van der Waals surface area contributed by atoms with Crippen molar-refractivity contribution in [3.8, 4) is 0 Å². The predicted molar refractivity (Wildman–Crippen MR) is 117 cm³/mol. The van der Waals surface area contributed by atoms with E-state index in [1.807, 2.05) is 60.7 Å². The molecule has 0 spiro atoms. The molecule has 2 aromatic rings. The molecule has 2 saturated heterocycles. The van der Waals surface area contributed by atoms with Crippen LogP contribution in [0.2, 0.25) is 0 Å². The summed E-state index contributed by atoms with van der Waals surface area (Å²) in [5, 5.41) is 8.90. The predicted octanol–water partition coefficient (Wildman–Crippen LogP) is 2.83. The molecule has 2 aromatic carbocycles. The van der Waals surface area contributed by atoms with Gasteiger partial charge in [-0.15, -0.1) is 0 Å². The fraction of sp³-hybridized carbons (Fsp3) is 0.440. The Kier molecular flexibility index (Phi) is 8.25. The number of carboxylic acid groups (broad SMARTS) is 1. The lowest BCUT2D eigenvalue weighted by Gasteiger charge is -2.48. The molecule has 0 aromatic heterocycles. The minimum absolute atomic E-state index is 0.231. The molecule has 2 aliphatic heterocycles. The van der Waals surface area contributed by atoms with Gasteiger partial charge in [0.2, 0.25) is 0 Å². The molecule has 0 bridgehead atoms. The molecule has 2 fully saturated rings. The average molecular weight is 472 g/mol. The van der Waals surface area contributed by atoms with Gasteiger partial charge >= 0.3 is 11.9 Å². The smallest absolute Gasteiger partial charge is 0.306 e. The number of benzene rings is 2. The molecule has 182 valence electrons. The van der Waals surface area contributed by atoms with Crippen LogP contribution in [0, 0.1) is 0 Å². The van der Waals surface area contributed by atoms with Crippen molar-refractivity contribution in [3.63, 3.8) is 0 Å². The third-order valence-electron chi connectivity index (χ3n) is 5.68. The van der Waals surface area contributed by atoms with Crippen LogP contribution in [-0.2, 0) is 44.6 Å². The Hall–Kier alpha value is -2.82. The molecule has 6 atom stereocenters. The highest BCUT2D eigenvalue weighted by Gasteiger charge is 2.52. The van der Waals surface area contributed by atoms with Crippen LogP contribution < -0.4 is 0 Å². The number of carbonyl (C=O) groups excluding carboxylic acids is 1. The van der Waals surface area contributed by atoms with Crippen LogP contribution >= 0.6 is 0 Å². The van der Waals surface area contributed by atoms with Crippen molar-refractivity contribution in [2.45, 2.75) is 56.4 Å². The van der Waals surface area contributed by atoms with E-state index >= 15 is 0 Å². The zero-order valence-corrected chi connectivity index (χ0v) is 18.8. The molecule has 4 rings (SSSR count). The van der Waals surface area contributed by atoms with E-state index in [4.69, 9.17) is 33.5 Å². The van der Waals surface area contributed by atoms with E-state index in [9.17, 15) is 9.59 Å². The number of carboxylic acids is 1. The number of aliphatic carboxylic acids is 1. The Labute approximate surface area is 197 Å². The van der Waals surface area contributed by atoms with Crippen LogP contribution in [0.15, 0.2) is 60.7 Å². The summed E-state index contributed by atoms with van der Waals surface area (Å²) in [6.45, 7) is 0.476. The Morgan fingerprint density at radius 1 is 0.971 bits per heavy atom. The molecule has 0 amide bonds. The standard InChI is InChI=1S/C25H28O9/c1-29-25-23(33-20(28)13-12-19(26)27)22(30-14-16-8-4-2-5-9-16)21-18(32-25)15-31-24(34-21)17-10-6-3-7-11-17/h2-11,18,21-25H,12-15H2,1H3,(H,26,27)/t18-,21-,22+,23-,24-,25+/m1/s1. The van der Waals surface area contributed by atoms with Crippen molar-refractivity contribution in [2.24, 2.45) is 0 Å². The number of esters is 1. The summed E-state index contributed by atoms with van der Waals surface area (Å²) in [4.78, 5) is 23.3. The van der Waals surface area contributed by atoms with Gasteiger partial charge in [0.15, 0.2) is 18.7 Å². The minimum Gasteiger partial charge on any atom is -0.481 e. The molecule has 9 nitrogen and oxygen atoms in total. The molecule has 9 heteroatoms. The van der Waals surface area contributed by atoms with Gasteiger partial charge in [0.05, 0.1) is 26.1 Å². The highest BCUT2D eigenvalue weighted by molar-refractivity contribution is 5.76. The van der Waals surface area contributed by atoms with Gasteiger partial charge in [-0.05, 0) is 5.56 Å². The number of rotatable bonds is 9. The number of ether oxygens (including phenoxy) is 6. The quantitative estimate of drug-likeness (QED) is 0.551. The second-order valence-corrected chi connectivity index (χ2v) is 8.06. The van der Waals surface area contributed by atoms with Gasteiger partial charge in [-0.1, -0.05) is 60.7 Å². The molecular formula is C25H28O9.